The number of hydrogen-bond donors (Lipinski definition) is 1. The molecule has 0 aliphatic carbocycles. The molecule has 1 saturated heterocycles. The van der Waals surface area contributed by atoms with E-state index in [2.05, 4.69) is 15.5 Å². The third kappa shape index (κ3) is 3.24. The van der Waals surface area contributed by atoms with Gasteiger partial charge in [-0.25, -0.2) is 0 Å². The summed E-state index contributed by atoms with van der Waals surface area (Å²) in [6, 6.07) is 13.8. The van der Waals surface area contributed by atoms with Crippen LogP contribution in [-0.2, 0) is 4.74 Å². The summed E-state index contributed by atoms with van der Waals surface area (Å²) >= 11 is 2.85. The number of amides is 1. The summed E-state index contributed by atoms with van der Waals surface area (Å²) < 4.78 is 5.59. The molecular weight excluding hydrogens is 342 g/mol. The molecule has 1 fully saturated rings. The summed E-state index contributed by atoms with van der Waals surface area (Å²) in [5.74, 6) is -0.155. The van der Waals surface area contributed by atoms with Crippen molar-refractivity contribution in [2.24, 2.45) is 0 Å². The van der Waals surface area contributed by atoms with Gasteiger partial charge >= 0.3 is 0 Å². The highest BCUT2D eigenvalue weighted by atomic mass is 32.1. The topological polar surface area (TPSA) is 64.1 Å². The van der Waals surface area contributed by atoms with Crippen molar-refractivity contribution in [1.29, 1.82) is 0 Å². The largest absolute Gasteiger partial charge is 0.371 e. The average molecular weight is 357 g/mol. The van der Waals surface area contributed by atoms with E-state index in [1.165, 1.54) is 22.7 Å². The fourth-order valence-electron chi connectivity index (χ4n) is 2.56. The highest BCUT2D eigenvalue weighted by Crippen LogP contribution is 2.32. The molecule has 0 bridgehead atoms. The number of carbonyl (C=O) groups excluding carboxylic acids is 1. The minimum Gasteiger partial charge on any atom is -0.371 e. The first-order chi connectivity index (χ1) is 11.8. The number of ether oxygens (including phenoxy) is 1. The van der Waals surface area contributed by atoms with Crippen LogP contribution in [0.1, 0.15) is 33.6 Å². The second-order valence-corrected chi connectivity index (χ2v) is 7.52. The first-order valence-corrected chi connectivity index (χ1v) is 9.34. The van der Waals surface area contributed by atoms with Crippen LogP contribution in [0.25, 0.3) is 10.4 Å². The van der Waals surface area contributed by atoms with E-state index in [0.29, 0.717) is 10.0 Å². The molecule has 0 radical (unpaired) electrons. The van der Waals surface area contributed by atoms with Crippen molar-refractivity contribution in [3.63, 3.8) is 0 Å². The highest BCUT2D eigenvalue weighted by molar-refractivity contribution is 7.18. The van der Waals surface area contributed by atoms with E-state index in [9.17, 15) is 4.79 Å². The SMILES string of the molecule is O=C(Nc1nnc([C@@H]2CCCO2)s1)c1ccc(-c2ccccc2)s1. The molecule has 7 heteroatoms. The first-order valence-electron chi connectivity index (χ1n) is 7.71. The van der Waals surface area contributed by atoms with Gasteiger partial charge in [-0.1, -0.05) is 41.7 Å². The molecule has 122 valence electrons. The lowest BCUT2D eigenvalue weighted by molar-refractivity contribution is 0.103. The van der Waals surface area contributed by atoms with Crippen molar-refractivity contribution in [3.05, 3.63) is 52.3 Å². The molecule has 1 aliphatic rings. The number of nitrogens with zero attached hydrogens (tertiary/aromatic N) is 2. The van der Waals surface area contributed by atoms with Crippen LogP contribution >= 0.6 is 22.7 Å². The smallest absolute Gasteiger partial charge is 0.267 e. The van der Waals surface area contributed by atoms with Crippen molar-refractivity contribution in [2.45, 2.75) is 18.9 Å². The van der Waals surface area contributed by atoms with Crippen LogP contribution in [0.15, 0.2) is 42.5 Å². The Hall–Kier alpha value is -2.09. The second kappa shape index (κ2) is 6.80. The lowest BCUT2D eigenvalue weighted by Crippen LogP contribution is -2.09. The van der Waals surface area contributed by atoms with Gasteiger partial charge in [-0.15, -0.1) is 21.5 Å². The normalized spacial score (nSPS) is 17.1. The van der Waals surface area contributed by atoms with Gasteiger partial charge in [-0.2, -0.15) is 0 Å². The van der Waals surface area contributed by atoms with Crippen LogP contribution < -0.4 is 5.32 Å². The Bertz CT molecular complexity index is 838. The summed E-state index contributed by atoms with van der Waals surface area (Å²) in [6.45, 7) is 0.767. The summed E-state index contributed by atoms with van der Waals surface area (Å²) in [4.78, 5) is 14.1. The Morgan fingerprint density at radius 2 is 2.00 bits per heavy atom. The molecule has 1 atom stereocenters. The zero-order valence-electron chi connectivity index (χ0n) is 12.8. The molecule has 4 rings (SSSR count). The average Bonchev–Trinajstić information content (AvgIpc) is 3.36. The van der Waals surface area contributed by atoms with E-state index in [4.69, 9.17) is 4.74 Å². The summed E-state index contributed by atoms with van der Waals surface area (Å²) in [5, 5.41) is 12.4. The zero-order valence-corrected chi connectivity index (χ0v) is 14.4. The lowest BCUT2D eigenvalue weighted by Gasteiger charge is -2.02. The third-order valence-electron chi connectivity index (χ3n) is 3.75. The van der Waals surface area contributed by atoms with Gasteiger partial charge in [0, 0.05) is 11.5 Å². The van der Waals surface area contributed by atoms with Gasteiger partial charge in [0.15, 0.2) is 0 Å². The van der Waals surface area contributed by atoms with Gasteiger partial charge in [0.1, 0.15) is 11.1 Å². The van der Waals surface area contributed by atoms with Crippen molar-refractivity contribution in [3.8, 4) is 10.4 Å². The molecule has 1 N–H and O–H groups in total. The fourth-order valence-corrected chi connectivity index (χ4v) is 4.29. The molecule has 24 heavy (non-hydrogen) atoms. The fraction of sp³-hybridized carbons (Fsp3) is 0.235. The molecule has 0 saturated carbocycles. The van der Waals surface area contributed by atoms with E-state index in [0.717, 1.165) is 34.9 Å². The Morgan fingerprint density at radius 3 is 2.79 bits per heavy atom. The number of hydrogen-bond acceptors (Lipinski definition) is 6. The predicted molar refractivity (Wildman–Crippen MR) is 95.5 cm³/mol. The quantitative estimate of drug-likeness (QED) is 0.753. The number of thiophene rings is 1. The number of carbonyl (C=O) groups is 1. The Morgan fingerprint density at radius 1 is 1.12 bits per heavy atom. The van der Waals surface area contributed by atoms with E-state index in [-0.39, 0.29) is 12.0 Å². The first kappa shape index (κ1) is 15.4. The molecular formula is C17H15N3O2S2. The summed E-state index contributed by atoms with van der Waals surface area (Å²) in [6.07, 6.45) is 2.04. The number of benzene rings is 1. The standard InChI is InChI=1S/C17H15N3O2S2/c21-15(14-9-8-13(23-14)11-5-2-1-3-6-11)18-17-20-19-16(24-17)12-7-4-10-22-12/h1-3,5-6,8-9,12H,4,7,10H2,(H,18,20,21)/t12-/m0/s1. The van der Waals surface area contributed by atoms with E-state index < -0.39 is 0 Å². The van der Waals surface area contributed by atoms with Crippen molar-refractivity contribution in [1.82, 2.24) is 10.2 Å². The van der Waals surface area contributed by atoms with Crippen LogP contribution in [0.3, 0.4) is 0 Å². The minimum absolute atomic E-state index is 0.0274. The van der Waals surface area contributed by atoms with E-state index >= 15 is 0 Å². The molecule has 2 aromatic heterocycles. The number of rotatable bonds is 4. The summed E-state index contributed by atoms with van der Waals surface area (Å²) in [7, 11) is 0. The molecule has 5 nitrogen and oxygen atoms in total. The monoisotopic (exact) mass is 357 g/mol. The Labute approximate surface area is 147 Å². The Kier molecular flexibility index (Phi) is 4.38. The van der Waals surface area contributed by atoms with Gasteiger partial charge < -0.3 is 4.74 Å². The van der Waals surface area contributed by atoms with Crippen molar-refractivity contribution >= 4 is 33.7 Å². The van der Waals surface area contributed by atoms with Gasteiger partial charge in [0.05, 0.1) is 4.88 Å². The molecule has 1 amide bonds. The maximum atomic E-state index is 12.4. The van der Waals surface area contributed by atoms with Gasteiger partial charge in [-0.05, 0) is 30.5 Å². The highest BCUT2D eigenvalue weighted by Gasteiger charge is 2.22. The number of nitrogens with one attached hydrogen (secondary N) is 1. The summed E-state index contributed by atoms with van der Waals surface area (Å²) in [5.41, 5.74) is 1.11. The maximum absolute atomic E-state index is 12.4. The second-order valence-electron chi connectivity index (χ2n) is 5.43. The Balaban J connectivity index is 1.46. The van der Waals surface area contributed by atoms with Crippen molar-refractivity contribution < 1.29 is 9.53 Å². The van der Waals surface area contributed by atoms with Crippen LogP contribution in [0, 0.1) is 0 Å². The third-order valence-corrected chi connectivity index (χ3v) is 5.82. The lowest BCUT2D eigenvalue weighted by atomic mass is 10.2. The zero-order chi connectivity index (χ0) is 16.4. The molecule has 1 aliphatic heterocycles. The molecule has 0 spiro atoms. The predicted octanol–water partition coefficient (Wildman–Crippen LogP) is 4.37. The van der Waals surface area contributed by atoms with Crippen molar-refractivity contribution in [2.75, 3.05) is 11.9 Å². The van der Waals surface area contributed by atoms with Gasteiger partial charge in [-0.3, -0.25) is 10.1 Å². The molecule has 1 aromatic carbocycles. The van der Waals surface area contributed by atoms with Crippen LogP contribution in [0.2, 0.25) is 0 Å². The molecule has 3 heterocycles. The van der Waals surface area contributed by atoms with E-state index in [1.54, 1.807) is 0 Å². The number of anilines is 1. The molecule has 3 aromatic rings. The van der Waals surface area contributed by atoms with E-state index in [1.807, 2.05) is 42.5 Å². The van der Waals surface area contributed by atoms with Gasteiger partial charge in [0.2, 0.25) is 5.13 Å². The maximum Gasteiger partial charge on any atom is 0.267 e. The number of aromatic nitrogens is 2. The van der Waals surface area contributed by atoms with Gasteiger partial charge in [0.25, 0.3) is 5.91 Å². The van der Waals surface area contributed by atoms with Crippen LogP contribution in [-0.4, -0.2) is 22.7 Å². The minimum atomic E-state index is -0.155. The van der Waals surface area contributed by atoms with Crippen LogP contribution in [0.4, 0.5) is 5.13 Å². The van der Waals surface area contributed by atoms with Crippen LogP contribution in [0.5, 0.6) is 0 Å². The molecule has 0 unspecified atom stereocenters.